The van der Waals surface area contributed by atoms with E-state index in [9.17, 15) is 18.9 Å². The smallest absolute Gasteiger partial charge is 0.310 e. The van der Waals surface area contributed by atoms with Crippen LogP contribution in [0.15, 0.2) is 24.3 Å². The van der Waals surface area contributed by atoms with E-state index in [2.05, 4.69) is 5.32 Å². The molecule has 5 nitrogen and oxygen atoms in total. The second-order valence-corrected chi connectivity index (χ2v) is 7.02. The topological polar surface area (TPSA) is 83.5 Å². The van der Waals surface area contributed by atoms with Crippen LogP contribution in [-0.2, 0) is 26.1 Å². The van der Waals surface area contributed by atoms with Crippen LogP contribution in [0.3, 0.4) is 0 Å². The van der Waals surface area contributed by atoms with Crippen LogP contribution in [0.2, 0.25) is 0 Å². The zero-order valence-electron chi connectivity index (χ0n) is 11.9. The third-order valence-electron chi connectivity index (χ3n) is 3.84. The van der Waals surface area contributed by atoms with E-state index in [1.165, 1.54) is 0 Å². The van der Waals surface area contributed by atoms with Gasteiger partial charge in [0.25, 0.3) is 0 Å². The lowest BCUT2D eigenvalue weighted by Crippen LogP contribution is -2.41. The van der Waals surface area contributed by atoms with Gasteiger partial charge in [-0.2, -0.15) is 0 Å². The van der Waals surface area contributed by atoms with E-state index in [-0.39, 0.29) is 12.3 Å². The molecular formula is C15H19NO4S. The summed E-state index contributed by atoms with van der Waals surface area (Å²) in [7, 11) is -0.942. The highest BCUT2D eigenvalue weighted by atomic mass is 32.2. The molecule has 1 aliphatic carbocycles. The van der Waals surface area contributed by atoms with E-state index in [0.29, 0.717) is 24.3 Å². The molecule has 0 spiro atoms. The molecule has 0 saturated heterocycles. The molecule has 0 aliphatic heterocycles. The molecule has 1 unspecified atom stereocenters. The Morgan fingerprint density at radius 3 is 2.62 bits per heavy atom. The lowest BCUT2D eigenvalue weighted by molar-refractivity contribution is -0.157. The second-order valence-electron chi connectivity index (χ2n) is 5.58. The molecule has 1 fully saturated rings. The summed E-state index contributed by atoms with van der Waals surface area (Å²) < 4.78 is 11.2. The maximum absolute atomic E-state index is 12.0. The molecule has 0 aromatic heterocycles. The third kappa shape index (κ3) is 3.91. The SMILES string of the molecule is CS(=O)Cc1cccc(NC(=O)CC2(C(=O)O)CCC2)c1. The van der Waals surface area contributed by atoms with Crippen LogP contribution in [0.1, 0.15) is 31.2 Å². The minimum atomic E-state index is -0.942. The average molecular weight is 309 g/mol. The number of hydrogen-bond acceptors (Lipinski definition) is 3. The van der Waals surface area contributed by atoms with Gasteiger partial charge in [-0.1, -0.05) is 18.6 Å². The van der Waals surface area contributed by atoms with Crippen molar-refractivity contribution in [2.75, 3.05) is 11.6 Å². The van der Waals surface area contributed by atoms with Gasteiger partial charge < -0.3 is 10.4 Å². The minimum Gasteiger partial charge on any atom is -0.481 e. The van der Waals surface area contributed by atoms with E-state index >= 15 is 0 Å². The number of anilines is 1. The van der Waals surface area contributed by atoms with Crippen LogP contribution in [-0.4, -0.2) is 27.4 Å². The van der Waals surface area contributed by atoms with E-state index in [1.807, 2.05) is 6.07 Å². The zero-order valence-corrected chi connectivity index (χ0v) is 12.7. The van der Waals surface area contributed by atoms with Crippen molar-refractivity contribution in [2.24, 2.45) is 5.41 Å². The number of benzene rings is 1. The monoisotopic (exact) mass is 309 g/mol. The van der Waals surface area contributed by atoms with Crippen molar-refractivity contribution in [3.05, 3.63) is 29.8 Å². The molecule has 1 aromatic carbocycles. The first-order valence-electron chi connectivity index (χ1n) is 6.83. The van der Waals surface area contributed by atoms with Gasteiger partial charge in [0.05, 0.1) is 5.41 Å². The normalized spacial score (nSPS) is 17.6. The molecular weight excluding hydrogens is 290 g/mol. The largest absolute Gasteiger partial charge is 0.481 e. The fraction of sp³-hybridized carbons (Fsp3) is 0.467. The summed E-state index contributed by atoms with van der Waals surface area (Å²) in [5.41, 5.74) is 0.611. The lowest BCUT2D eigenvalue weighted by atomic mass is 9.66. The van der Waals surface area contributed by atoms with Crippen molar-refractivity contribution in [3.8, 4) is 0 Å². The summed E-state index contributed by atoms with van der Waals surface area (Å²) in [6.45, 7) is 0. The van der Waals surface area contributed by atoms with Gasteiger partial charge in [-0.25, -0.2) is 0 Å². The molecule has 0 heterocycles. The predicted octanol–water partition coefficient (Wildman–Crippen LogP) is 2.15. The predicted molar refractivity (Wildman–Crippen MR) is 81.4 cm³/mol. The molecule has 6 heteroatoms. The Kier molecular flexibility index (Phi) is 4.77. The van der Waals surface area contributed by atoms with Gasteiger partial charge in [-0.3, -0.25) is 13.8 Å². The fourth-order valence-electron chi connectivity index (χ4n) is 2.56. The number of carbonyl (C=O) groups excluding carboxylic acids is 1. The summed E-state index contributed by atoms with van der Waals surface area (Å²) in [6.07, 6.45) is 3.61. The summed E-state index contributed by atoms with van der Waals surface area (Å²) in [5, 5.41) is 12.0. The van der Waals surface area contributed by atoms with E-state index in [4.69, 9.17) is 0 Å². The van der Waals surface area contributed by atoms with E-state index in [0.717, 1.165) is 12.0 Å². The van der Waals surface area contributed by atoms with Gasteiger partial charge in [-0.05, 0) is 30.5 Å². The summed E-state index contributed by atoms with van der Waals surface area (Å²) >= 11 is 0. The minimum absolute atomic E-state index is 0.00622. The number of rotatable bonds is 6. The maximum Gasteiger partial charge on any atom is 0.310 e. The van der Waals surface area contributed by atoms with Gasteiger partial charge in [0.15, 0.2) is 0 Å². The lowest BCUT2D eigenvalue weighted by Gasteiger charge is -2.36. The first kappa shape index (κ1) is 15.7. The molecule has 114 valence electrons. The first-order valence-corrected chi connectivity index (χ1v) is 8.56. The van der Waals surface area contributed by atoms with Crippen LogP contribution < -0.4 is 5.32 Å². The summed E-state index contributed by atoms with van der Waals surface area (Å²) in [4.78, 5) is 23.3. The summed E-state index contributed by atoms with van der Waals surface area (Å²) in [5.74, 6) is -0.742. The van der Waals surface area contributed by atoms with Gasteiger partial charge in [0.2, 0.25) is 5.91 Å². The Morgan fingerprint density at radius 2 is 2.10 bits per heavy atom. The highest BCUT2D eigenvalue weighted by molar-refractivity contribution is 7.83. The third-order valence-corrected chi connectivity index (χ3v) is 4.58. The number of hydrogen-bond donors (Lipinski definition) is 2. The summed E-state index contributed by atoms with van der Waals surface area (Å²) in [6, 6.07) is 7.15. The number of aliphatic carboxylic acids is 1. The Bertz CT molecular complexity index is 581. The first-order chi connectivity index (χ1) is 9.91. The second kappa shape index (κ2) is 6.39. The highest BCUT2D eigenvalue weighted by Gasteiger charge is 2.45. The molecule has 0 bridgehead atoms. The quantitative estimate of drug-likeness (QED) is 0.843. The number of amides is 1. The molecule has 1 saturated carbocycles. The van der Waals surface area contributed by atoms with Crippen molar-refractivity contribution < 1.29 is 18.9 Å². The van der Waals surface area contributed by atoms with Gasteiger partial charge in [-0.15, -0.1) is 0 Å². The molecule has 2 rings (SSSR count). The van der Waals surface area contributed by atoms with Crippen molar-refractivity contribution in [1.29, 1.82) is 0 Å². The van der Waals surface area contributed by atoms with Gasteiger partial charge >= 0.3 is 5.97 Å². The molecule has 1 aromatic rings. The van der Waals surface area contributed by atoms with Gasteiger partial charge in [0.1, 0.15) is 0 Å². The molecule has 1 atom stereocenters. The molecule has 1 aliphatic rings. The molecule has 1 amide bonds. The number of nitrogens with one attached hydrogen (secondary N) is 1. The Balaban J connectivity index is 1.99. The van der Waals surface area contributed by atoms with Crippen LogP contribution in [0.4, 0.5) is 5.69 Å². The molecule has 0 radical (unpaired) electrons. The van der Waals surface area contributed by atoms with Crippen LogP contribution >= 0.6 is 0 Å². The number of carboxylic acids is 1. The van der Waals surface area contributed by atoms with Crippen LogP contribution in [0.25, 0.3) is 0 Å². The molecule has 2 N–H and O–H groups in total. The van der Waals surface area contributed by atoms with Crippen molar-refractivity contribution in [3.63, 3.8) is 0 Å². The fourth-order valence-corrected chi connectivity index (χ4v) is 3.20. The van der Waals surface area contributed by atoms with Crippen LogP contribution in [0.5, 0.6) is 0 Å². The Labute approximate surface area is 126 Å². The number of carboxylic acid groups (broad SMARTS) is 1. The highest BCUT2D eigenvalue weighted by Crippen LogP contribution is 2.44. The van der Waals surface area contributed by atoms with Crippen molar-refractivity contribution >= 4 is 28.4 Å². The van der Waals surface area contributed by atoms with Crippen molar-refractivity contribution in [1.82, 2.24) is 0 Å². The maximum atomic E-state index is 12.0. The van der Waals surface area contributed by atoms with Crippen molar-refractivity contribution in [2.45, 2.75) is 31.4 Å². The van der Waals surface area contributed by atoms with E-state index in [1.54, 1.807) is 24.5 Å². The average Bonchev–Trinajstić information content (AvgIpc) is 2.33. The molecule has 21 heavy (non-hydrogen) atoms. The Hall–Kier alpha value is -1.69. The van der Waals surface area contributed by atoms with Crippen LogP contribution in [0, 0.1) is 5.41 Å². The number of carbonyl (C=O) groups is 2. The zero-order chi connectivity index (χ0) is 15.5. The standard InChI is InChI=1S/C15H19NO4S/c1-21(20)10-11-4-2-5-12(8-11)16-13(17)9-15(14(18)19)6-3-7-15/h2,4-5,8H,3,6-7,9-10H2,1H3,(H,16,17)(H,18,19). The Morgan fingerprint density at radius 1 is 1.38 bits per heavy atom. The van der Waals surface area contributed by atoms with E-state index < -0.39 is 22.2 Å². The van der Waals surface area contributed by atoms with Gasteiger partial charge in [0, 0.05) is 34.9 Å².